The third kappa shape index (κ3) is 2.69. The molecule has 4 heteroatoms. The Morgan fingerprint density at radius 2 is 2.33 bits per heavy atom. The highest BCUT2D eigenvalue weighted by atomic mass is 16.3. The van der Waals surface area contributed by atoms with E-state index < -0.39 is 5.60 Å². The molecule has 0 saturated carbocycles. The van der Waals surface area contributed by atoms with Crippen LogP contribution in [0.3, 0.4) is 0 Å². The topological polar surface area (TPSA) is 52.6 Å². The van der Waals surface area contributed by atoms with Crippen LogP contribution in [-0.4, -0.2) is 47.7 Å². The number of rotatable bonds is 2. The Balaban J connectivity index is 1.83. The normalized spacial score (nSPS) is 32.5. The van der Waals surface area contributed by atoms with Crippen molar-refractivity contribution in [3.05, 3.63) is 0 Å². The van der Waals surface area contributed by atoms with Crippen molar-refractivity contribution >= 4 is 5.91 Å². The highest BCUT2D eigenvalue weighted by Gasteiger charge is 2.32. The first-order valence-corrected chi connectivity index (χ1v) is 5.78. The van der Waals surface area contributed by atoms with Crippen molar-refractivity contribution in [2.45, 2.75) is 31.8 Å². The first-order chi connectivity index (χ1) is 7.07. The SMILES string of the molecule is CC1(O)CCCN(C(=O)CC2CNC2)C1. The van der Waals surface area contributed by atoms with Gasteiger partial charge in [-0.15, -0.1) is 0 Å². The molecule has 2 N–H and O–H groups in total. The van der Waals surface area contributed by atoms with Gasteiger partial charge < -0.3 is 15.3 Å². The van der Waals surface area contributed by atoms with Crippen molar-refractivity contribution in [1.29, 1.82) is 0 Å². The number of likely N-dealkylation sites (tertiary alicyclic amines) is 1. The average Bonchev–Trinajstić information content (AvgIpc) is 2.09. The van der Waals surface area contributed by atoms with Crippen LogP contribution in [0.1, 0.15) is 26.2 Å². The zero-order valence-electron chi connectivity index (χ0n) is 9.33. The molecule has 15 heavy (non-hydrogen) atoms. The van der Waals surface area contributed by atoms with Gasteiger partial charge in [-0.1, -0.05) is 0 Å². The van der Waals surface area contributed by atoms with Crippen LogP contribution in [0, 0.1) is 5.92 Å². The fraction of sp³-hybridized carbons (Fsp3) is 0.909. The molecule has 0 aromatic heterocycles. The van der Waals surface area contributed by atoms with E-state index in [1.54, 1.807) is 0 Å². The Hall–Kier alpha value is -0.610. The number of hydrogen-bond donors (Lipinski definition) is 2. The van der Waals surface area contributed by atoms with E-state index in [2.05, 4.69) is 5.32 Å². The summed E-state index contributed by atoms with van der Waals surface area (Å²) in [5, 5.41) is 13.1. The van der Waals surface area contributed by atoms with Gasteiger partial charge in [-0.25, -0.2) is 0 Å². The Kier molecular flexibility index (Phi) is 2.98. The average molecular weight is 212 g/mol. The Labute approximate surface area is 90.6 Å². The lowest BCUT2D eigenvalue weighted by Crippen LogP contribution is -2.51. The predicted octanol–water partition coefficient (Wildman–Crippen LogP) is -0.0307. The van der Waals surface area contributed by atoms with E-state index in [1.165, 1.54) is 0 Å². The van der Waals surface area contributed by atoms with Gasteiger partial charge in [-0.2, -0.15) is 0 Å². The second kappa shape index (κ2) is 4.10. The molecule has 2 heterocycles. The van der Waals surface area contributed by atoms with Gasteiger partial charge >= 0.3 is 0 Å². The molecule has 1 amide bonds. The molecule has 2 aliphatic rings. The second-order valence-electron chi connectivity index (χ2n) is 5.14. The largest absolute Gasteiger partial charge is 0.388 e. The molecule has 2 saturated heterocycles. The lowest BCUT2D eigenvalue weighted by atomic mass is 9.93. The minimum atomic E-state index is -0.675. The quantitative estimate of drug-likeness (QED) is 0.676. The molecule has 0 aliphatic carbocycles. The zero-order chi connectivity index (χ0) is 10.9. The van der Waals surface area contributed by atoms with E-state index in [0.29, 0.717) is 18.9 Å². The maximum absolute atomic E-state index is 11.9. The fourth-order valence-electron chi connectivity index (χ4n) is 2.30. The molecule has 0 aromatic rings. The van der Waals surface area contributed by atoms with E-state index in [4.69, 9.17) is 0 Å². The first kappa shape index (κ1) is 10.9. The summed E-state index contributed by atoms with van der Waals surface area (Å²) in [6.07, 6.45) is 2.37. The highest BCUT2D eigenvalue weighted by molar-refractivity contribution is 5.76. The maximum Gasteiger partial charge on any atom is 0.223 e. The van der Waals surface area contributed by atoms with Crippen molar-refractivity contribution in [2.75, 3.05) is 26.2 Å². The van der Waals surface area contributed by atoms with Crippen LogP contribution >= 0.6 is 0 Å². The predicted molar refractivity (Wildman–Crippen MR) is 57.4 cm³/mol. The number of carbonyl (C=O) groups is 1. The molecule has 0 bridgehead atoms. The second-order valence-corrected chi connectivity index (χ2v) is 5.14. The molecular weight excluding hydrogens is 192 g/mol. The molecule has 0 aromatic carbocycles. The third-order valence-corrected chi connectivity index (χ3v) is 3.36. The summed E-state index contributed by atoms with van der Waals surface area (Å²) in [5.74, 6) is 0.728. The van der Waals surface area contributed by atoms with Crippen LogP contribution < -0.4 is 5.32 Å². The number of β-amino-alcohol motifs (C(OH)–C–C–N with tert-alkyl or cyclic N) is 1. The van der Waals surface area contributed by atoms with Crippen LogP contribution in [0.4, 0.5) is 0 Å². The zero-order valence-corrected chi connectivity index (χ0v) is 9.33. The standard InChI is InChI=1S/C11H20N2O2/c1-11(15)3-2-4-13(8-11)10(14)5-9-6-12-7-9/h9,12,15H,2-8H2,1H3. The summed E-state index contributed by atoms with van der Waals surface area (Å²) in [4.78, 5) is 13.7. The van der Waals surface area contributed by atoms with E-state index in [-0.39, 0.29) is 5.91 Å². The van der Waals surface area contributed by atoms with E-state index >= 15 is 0 Å². The molecule has 1 atom stereocenters. The van der Waals surface area contributed by atoms with Crippen LogP contribution in [0.15, 0.2) is 0 Å². The molecule has 2 fully saturated rings. The number of piperidine rings is 1. The van der Waals surface area contributed by atoms with Crippen LogP contribution in [0.2, 0.25) is 0 Å². The van der Waals surface area contributed by atoms with Crippen molar-refractivity contribution in [1.82, 2.24) is 10.2 Å². The van der Waals surface area contributed by atoms with Crippen LogP contribution in [0.5, 0.6) is 0 Å². The van der Waals surface area contributed by atoms with Gasteiger partial charge in [0.1, 0.15) is 0 Å². The smallest absolute Gasteiger partial charge is 0.223 e. The molecule has 86 valence electrons. The summed E-state index contributed by atoms with van der Waals surface area (Å²) in [6.45, 7) is 5.07. The van der Waals surface area contributed by atoms with Gasteiger partial charge in [-0.05, 0) is 38.8 Å². The monoisotopic (exact) mass is 212 g/mol. The molecule has 0 spiro atoms. The van der Waals surface area contributed by atoms with E-state index in [1.807, 2.05) is 11.8 Å². The van der Waals surface area contributed by atoms with Crippen molar-refractivity contribution in [3.63, 3.8) is 0 Å². The number of nitrogens with zero attached hydrogens (tertiary/aromatic N) is 1. The molecule has 2 aliphatic heterocycles. The van der Waals surface area contributed by atoms with Gasteiger partial charge in [0.15, 0.2) is 0 Å². The van der Waals surface area contributed by atoms with Crippen molar-refractivity contribution in [2.24, 2.45) is 5.92 Å². The Morgan fingerprint density at radius 1 is 1.60 bits per heavy atom. The number of amides is 1. The van der Waals surface area contributed by atoms with Gasteiger partial charge in [0.25, 0.3) is 0 Å². The first-order valence-electron chi connectivity index (χ1n) is 5.78. The molecule has 1 unspecified atom stereocenters. The number of aliphatic hydroxyl groups is 1. The summed E-state index contributed by atoms with van der Waals surface area (Å²) < 4.78 is 0. The Bertz CT molecular complexity index is 249. The minimum absolute atomic E-state index is 0.210. The molecule has 4 nitrogen and oxygen atoms in total. The molecule has 2 rings (SSSR count). The Morgan fingerprint density at radius 3 is 2.87 bits per heavy atom. The third-order valence-electron chi connectivity index (χ3n) is 3.36. The number of hydrogen-bond acceptors (Lipinski definition) is 3. The van der Waals surface area contributed by atoms with Gasteiger partial charge in [0.2, 0.25) is 5.91 Å². The summed E-state index contributed by atoms with van der Waals surface area (Å²) in [7, 11) is 0. The number of carbonyl (C=O) groups excluding carboxylic acids is 1. The lowest BCUT2D eigenvalue weighted by Gasteiger charge is -2.38. The minimum Gasteiger partial charge on any atom is -0.388 e. The van der Waals surface area contributed by atoms with Crippen molar-refractivity contribution in [3.8, 4) is 0 Å². The molecular formula is C11H20N2O2. The highest BCUT2D eigenvalue weighted by Crippen LogP contribution is 2.22. The van der Waals surface area contributed by atoms with Crippen LogP contribution in [0.25, 0.3) is 0 Å². The van der Waals surface area contributed by atoms with Gasteiger partial charge in [0, 0.05) is 19.5 Å². The maximum atomic E-state index is 11.9. The summed E-state index contributed by atoms with van der Waals surface area (Å²) >= 11 is 0. The fourth-order valence-corrected chi connectivity index (χ4v) is 2.30. The summed E-state index contributed by atoms with van der Waals surface area (Å²) in [5.41, 5.74) is -0.675. The number of nitrogens with one attached hydrogen (secondary N) is 1. The van der Waals surface area contributed by atoms with E-state index in [0.717, 1.165) is 32.5 Å². The van der Waals surface area contributed by atoms with E-state index in [9.17, 15) is 9.90 Å². The van der Waals surface area contributed by atoms with Crippen LogP contribution in [-0.2, 0) is 4.79 Å². The van der Waals surface area contributed by atoms with Gasteiger partial charge in [0.05, 0.1) is 5.60 Å². The van der Waals surface area contributed by atoms with Crippen molar-refractivity contribution < 1.29 is 9.90 Å². The van der Waals surface area contributed by atoms with Gasteiger partial charge in [-0.3, -0.25) is 4.79 Å². The summed E-state index contributed by atoms with van der Waals surface area (Å²) in [6, 6.07) is 0. The lowest BCUT2D eigenvalue weighted by molar-refractivity contribution is -0.138. The molecule has 0 radical (unpaired) electrons.